The van der Waals surface area contributed by atoms with Crippen molar-refractivity contribution in [3.63, 3.8) is 0 Å². The van der Waals surface area contributed by atoms with Gasteiger partial charge in [0.05, 0.1) is 28.1 Å². The van der Waals surface area contributed by atoms with Gasteiger partial charge in [0, 0.05) is 57.3 Å². The van der Waals surface area contributed by atoms with Gasteiger partial charge in [-0.3, -0.25) is 15.0 Å². The maximum atomic E-state index is 5.36. The third-order valence-corrected chi connectivity index (χ3v) is 15.0. The van der Waals surface area contributed by atoms with Crippen molar-refractivity contribution in [2.75, 3.05) is 0 Å². The van der Waals surface area contributed by atoms with Gasteiger partial charge in [-0.05, 0) is 135 Å². The van der Waals surface area contributed by atoms with Crippen molar-refractivity contribution in [2.24, 2.45) is 0 Å². The number of hydrogen-bond donors (Lipinski definition) is 0. The lowest BCUT2D eigenvalue weighted by Gasteiger charge is -2.18. The first-order valence-electron chi connectivity index (χ1n) is 26.6. The molecule has 9 aromatic carbocycles. The minimum absolute atomic E-state index is 0.880. The molecule has 0 N–H and O–H groups in total. The molecule has 0 unspecified atom stereocenters. The van der Waals surface area contributed by atoms with E-state index in [9.17, 15) is 0 Å². The van der Waals surface area contributed by atoms with Gasteiger partial charge in [-0.1, -0.05) is 212 Å². The fourth-order valence-electron chi connectivity index (χ4n) is 11.0. The third kappa shape index (κ3) is 9.89. The Hall–Kier alpha value is -9.77. The van der Waals surface area contributed by atoms with Crippen LogP contribution in [0.25, 0.3) is 106 Å². The maximum Gasteiger partial charge on any atom is 0.0708 e. The summed E-state index contributed by atoms with van der Waals surface area (Å²) in [7, 11) is 0. The van der Waals surface area contributed by atoms with Gasteiger partial charge in [0.15, 0.2) is 0 Å². The SMILES string of the molecule is c1ccc(-c2ccc(-c3cc(-c4ccc5c(c4)c4ccccc4n5-c4ccccc4)ncc3-c3ccccc3-c3cc(CCc4ccc(-c5ccccc5)nc4)cc(CCc4ccc(-c5ccccc5)nc4)c3)cc2)cc1. The summed E-state index contributed by atoms with van der Waals surface area (Å²) in [5.41, 5.74) is 24.0. The van der Waals surface area contributed by atoms with Crippen molar-refractivity contribution < 1.29 is 0 Å². The molecular weight excluding hydrogens is 933 g/mol. The fourth-order valence-corrected chi connectivity index (χ4v) is 11.0. The van der Waals surface area contributed by atoms with E-state index in [0.29, 0.717) is 0 Å². The van der Waals surface area contributed by atoms with Gasteiger partial charge in [-0.2, -0.15) is 0 Å². The highest BCUT2D eigenvalue weighted by molar-refractivity contribution is 6.10. The summed E-state index contributed by atoms with van der Waals surface area (Å²) >= 11 is 0. The largest absolute Gasteiger partial charge is 0.309 e. The molecule has 0 radical (unpaired) electrons. The van der Waals surface area contributed by atoms with Gasteiger partial charge >= 0.3 is 0 Å². The second-order valence-electron chi connectivity index (χ2n) is 19.9. The lowest BCUT2D eigenvalue weighted by molar-refractivity contribution is 0.923. The van der Waals surface area contributed by atoms with E-state index >= 15 is 0 Å². The van der Waals surface area contributed by atoms with Crippen molar-refractivity contribution in [2.45, 2.75) is 25.7 Å². The molecule has 0 aliphatic rings. The Kier molecular flexibility index (Phi) is 12.9. The van der Waals surface area contributed by atoms with E-state index in [4.69, 9.17) is 15.0 Å². The van der Waals surface area contributed by atoms with Crippen LogP contribution in [0, 0.1) is 0 Å². The Balaban J connectivity index is 0.895. The van der Waals surface area contributed by atoms with Crippen LogP contribution in [0.2, 0.25) is 0 Å². The Bertz CT molecular complexity index is 4050. The fraction of sp³-hybridized carbons (Fsp3) is 0.0548. The Morgan fingerprint density at radius 2 is 0.727 bits per heavy atom. The number of aryl methyl sites for hydroxylation is 4. The van der Waals surface area contributed by atoms with Gasteiger partial charge in [-0.15, -0.1) is 0 Å². The molecular formula is C73H54N4. The minimum atomic E-state index is 0.880. The zero-order valence-corrected chi connectivity index (χ0v) is 42.7. The molecule has 4 aromatic heterocycles. The summed E-state index contributed by atoms with van der Waals surface area (Å²) in [5, 5.41) is 2.41. The monoisotopic (exact) mass is 986 g/mol. The van der Waals surface area contributed by atoms with Gasteiger partial charge in [0.1, 0.15) is 0 Å². The summed E-state index contributed by atoms with van der Waals surface area (Å²) in [6.07, 6.45) is 9.71. The molecule has 0 fully saturated rings. The number of pyridine rings is 3. The van der Waals surface area contributed by atoms with Gasteiger partial charge in [0.25, 0.3) is 0 Å². The Labute approximate surface area is 450 Å². The molecule has 0 saturated heterocycles. The van der Waals surface area contributed by atoms with E-state index < -0.39 is 0 Å². The first-order chi connectivity index (χ1) is 38.1. The van der Waals surface area contributed by atoms with Crippen LogP contribution in [-0.2, 0) is 25.7 Å². The Morgan fingerprint density at radius 1 is 0.247 bits per heavy atom. The highest BCUT2D eigenvalue weighted by Gasteiger charge is 2.19. The van der Waals surface area contributed by atoms with Crippen molar-refractivity contribution in [1.29, 1.82) is 0 Å². The highest BCUT2D eigenvalue weighted by Crippen LogP contribution is 2.42. The lowest BCUT2D eigenvalue weighted by atomic mass is 9.87. The van der Waals surface area contributed by atoms with E-state index in [1.165, 1.54) is 66.3 Å². The molecule has 77 heavy (non-hydrogen) atoms. The van der Waals surface area contributed by atoms with Crippen molar-refractivity contribution >= 4 is 21.8 Å². The maximum absolute atomic E-state index is 5.36. The average molecular weight is 987 g/mol. The van der Waals surface area contributed by atoms with Gasteiger partial charge in [0.2, 0.25) is 0 Å². The number of hydrogen-bond acceptors (Lipinski definition) is 3. The second-order valence-corrected chi connectivity index (χ2v) is 19.9. The van der Waals surface area contributed by atoms with E-state index in [-0.39, 0.29) is 0 Å². The summed E-state index contributed by atoms with van der Waals surface area (Å²) < 4.78 is 2.36. The van der Waals surface area contributed by atoms with Crippen LogP contribution in [0.4, 0.5) is 0 Å². The standard InChI is InChI=1S/C73H54N4/c1-5-17-55(18-6-1)56-35-37-57(38-36-56)66-47-71(60-39-42-73-67(46-60)65-27-15-16-28-72(65)77(73)62-23-11-4-12-24-62)76-50-68(66)64-26-14-13-25-63(64)61-44-53(31-29-51-33-40-69(74-48-51)58-19-7-2-8-20-58)43-54(45-61)32-30-52-34-41-70(75-49-52)59-21-9-3-10-22-59/h1-28,33-50H,29-32H2. The predicted molar refractivity (Wildman–Crippen MR) is 320 cm³/mol. The number of nitrogens with zero attached hydrogens (tertiary/aromatic N) is 4. The minimum Gasteiger partial charge on any atom is -0.309 e. The molecule has 4 heterocycles. The molecule has 0 saturated carbocycles. The average Bonchev–Trinajstić information content (AvgIpc) is 3.86. The molecule has 0 bridgehead atoms. The van der Waals surface area contributed by atoms with Gasteiger partial charge < -0.3 is 4.57 Å². The van der Waals surface area contributed by atoms with Crippen LogP contribution in [-0.4, -0.2) is 19.5 Å². The lowest BCUT2D eigenvalue weighted by Crippen LogP contribution is -1.99. The first kappa shape index (κ1) is 47.0. The summed E-state index contributed by atoms with van der Waals surface area (Å²) in [6, 6.07) is 93.8. The molecule has 0 aliphatic heterocycles. The van der Waals surface area contributed by atoms with Crippen molar-refractivity contribution in [3.05, 3.63) is 302 Å². The Morgan fingerprint density at radius 3 is 1.34 bits per heavy atom. The summed E-state index contributed by atoms with van der Waals surface area (Å²) in [4.78, 5) is 15.1. The molecule has 0 atom stereocenters. The molecule has 0 amide bonds. The summed E-state index contributed by atoms with van der Waals surface area (Å²) in [5.74, 6) is 0. The van der Waals surface area contributed by atoms with Crippen LogP contribution < -0.4 is 0 Å². The molecule has 13 rings (SSSR count). The first-order valence-corrected chi connectivity index (χ1v) is 26.6. The highest BCUT2D eigenvalue weighted by atomic mass is 15.0. The van der Waals surface area contributed by atoms with E-state index in [0.717, 1.165) is 87.4 Å². The smallest absolute Gasteiger partial charge is 0.0708 e. The number of para-hydroxylation sites is 2. The molecule has 4 heteroatoms. The van der Waals surface area contributed by atoms with Crippen LogP contribution >= 0.6 is 0 Å². The van der Waals surface area contributed by atoms with Gasteiger partial charge in [-0.25, -0.2) is 0 Å². The zero-order valence-electron chi connectivity index (χ0n) is 42.7. The molecule has 0 spiro atoms. The van der Waals surface area contributed by atoms with E-state index in [1.54, 1.807) is 0 Å². The summed E-state index contributed by atoms with van der Waals surface area (Å²) in [6.45, 7) is 0. The van der Waals surface area contributed by atoms with Crippen LogP contribution in [0.5, 0.6) is 0 Å². The topological polar surface area (TPSA) is 43.6 Å². The van der Waals surface area contributed by atoms with Crippen LogP contribution in [0.3, 0.4) is 0 Å². The van der Waals surface area contributed by atoms with Crippen LogP contribution in [0.15, 0.2) is 279 Å². The molecule has 366 valence electrons. The molecule has 0 aliphatic carbocycles. The number of rotatable bonds is 14. The molecule has 13 aromatic rings. The number of aromatic nitrogens is 4. The van der Waals surface area contributed by atoms with E-state index in [1.807, 2.05) is 24.5 Å². The molecule has 4 nitrogen and oxygen atoms in total. The van der Waals surface area contributed by atoms with E-state index in [2.05, 4.69) is 259 Å². The normalized spacial score (nSPS) is 11.3. The number of fused-ring (bicyclic) bond motifs is 3. The van der Waals surface area contributed by atoms with Crippen molar-refractivity contribution in [1.82, 2.24) is 19.5 Å². The zero-order chi connectivity index (χ0) is 51.3. The third-order valence-electron chi connectivity index (χ3n) is 15.0. The predicted octanol–water partition coefficient (Wildman–Crippen LogP) is 18.2. The van der Waals surface area contributed by atoms with Crippen LogP contribution in [0.1, 0.15) is 22.3 Å². The van der Waals surface area contributed by atoms with Crippen molar-refractivity contribution in [3.8, 4) is 84.0 Å². The number of benzene rings is 9. The quantitative estimate of drug-likeness (QED) is 0.109. The second kappa shape index (κ2) is 21.2.